The van der Waals surface area contributed by atoms with Crippen LogP contribution in [0.3, 0.4) is 0 Å². The van der Waals surface area contributed by atoms with Gasteiger partial charge >= 0.3 is 0 Å². The van der Waals surface area contributed by atoms with E-state index < -0.39 is 5.91 Å². The molecule has 18 heavy (non-hydrogen) atoms. The van der Waals surface area contributed by atoms with E-state index in [4.69, 9.17) is 11.5 Å². The summed E-state index contributed by atoms with van der Waals surface area (Å²) in [5, 5.41) is 3.17. The molecule has 5 heteroatoms. The first-order valence-electron chi connectivity index (χ1n) is 6.02. The Balaban J connectivity index is 2.78. The monoisotopic (exact) mass is 250 g/mol. The fraction of sp³-hybridized carbons (Fsp3) is 0.538. The summed E-state index contributed by atoms with van der Waals surface area (Å²) in [5.41, 5.74) is 11.9. The number of rotatable bonds is 4. The summed E-state index contributed by atoms with van der Waals surface area (Å²) in [4.78, 5) is 15.2. The number of carbonyl (C=O) groups is 1. The Morgan fingerprint density at radius 3 is 2.56 bits per heavy atom. The molecule has 0 saturated carbocycles. The van der Waals surface area contributed by atoms with Crippen molar-refractivity contribution in [2.45, 2.75) is 27.7 Å². The Morgan fingerprint density at radius 1 is 1.44 bits per heavy atom. The van der Waals surface area contributed by atoms with Gasteiger partial charge in [-0.25, -0.2) is 4.98 Å². The topological polar surface area (TPSA) is 94.0 Å². The van der Waals surface area contributed by atoms with Crippen molar-refractivity contribution < 1.29 is 4.79 Å². The van der Waals surface area contributed by atoms with Gasteiger partial charge in [-0.2, -0.15) is 0 Å². The van der Waals surface area contributed by atoms with Crippen molar-refractivity contribution in [3.05, 3.63) is 17.8 Å². The summed E-state index contributed by atoms with van der Waals surface area (Å²) in [5.74, 6) is 0.403. The van der Waals surface area contributed by atoms with Crippen LogP contribution in [-0.4, -0.2) is 17.4 Å². The van der Waals surface area contributed by atoms with Crippen molar-refractivity contribution >= 4 is 17.4 Å². The molecule has 5 N–H and O–H groups in total. The van der Waals surface area contributed by atoms with Gasteiger partial charge in [0.1, 0.15) is 11.5 Å². The largest absolute Gasteiger partial charge is 0.396 e. The lowest BCUT2D eigenvalue weighted by atomic mass is 9.82. The second kappa shape index (κ2) is 5.25. The molecule has 0 radical (unpaired) electrons. The summed E-state index contributed by atoms with van der Waals surface area (Å²) in [6.45, 7) is 9.42. The Bertz CT molecular complexity index is 437. The fourth-order valence-corrected chi connectivity index (χ4v) is 1.30. The highest BCUT2D eigenvalue weighted by molar-refractivity contribution is 5.91. The van der Waals surface area contributed by atoms with E-state index in [1.165, 1.54) is 6.07 Å². The highest BCUT2D eigenvalue weighted by Gasteiger charge is 2.20. The number of aromatic nitrogens is 1. The minimum Gasteiger partial charge on any atom is -0.396 e. The van der Waals surface area contributed by atoms with Gasteiger partial charge in [-0.1, -0.05) is 27.7 Å². The van der Waals surface area contributed by atoms with Crippen LogP contribution in [0.25, 0.3) is 0 Å². The van der Waals surface area contributed by atoms with Crippen LogP contribution in [0.5, 0.6) is 0 Å². The molecule has 0 aromatic carbocycles. The molecule has 0 spiro atoms. The highest BCUT2D eigenvalue weighted by Crippen LogP contribution is 2.26. The van der Waals surface area contributed by atoms with Gasteiger partial charge < -0.3 is 16.8 Å². The van der Waals surface area contributed by atoms with Crippen LogP contribution in [0.1, 0.15) is 38.2 Å². The Labute approximate surface area is 108 Å². The van der Waals surface area contributed by atoms with E-state index in [1.54, 1.807) is 6.07 Å². The molecule has 100 valence electrons. The van der Waals surface area contributed by atoms with Gasteiger partial charge in [0.2, 0.25) is 0 Å². The van der Waals surface area contributed by atoms with E-state index in [0.717, 1.165) is 6.54 Å². The summed E-state index contributed by atoms with van der Waals surface area (Å²) < 4.78 is 0. The zero-order chi connectivity index (χ0) is 13.9. The van der Waals surface area contributed by atoms with Crippen LogP contribution in [0.4, 0.5) is 11.5 Å². The van der Waals surface area contributed by atoms with E-state index in [-0.39, 0.29) is 11.1 Å². The molecule has 1 aromatic heterocycles. The van der Waals surface area contributed by atoms with Gasteiger partial charge in [0, 0.05) is 6.54 Å². The van der Waals surface area contributed by atoms with Gasteiger partial charge in [-0.05, 0) is 23.5 Å². The molecule has 1 heterocycles. The summed E-state index contributed by atoms with van der Waals surface area (Å²) >= 11 is 0. The number of pyridine rings is 1. The quantitative estimate of drug-likeness (QED) is 0.760. The first-order chi connectivity index (χ1) is 8.21. The SMILES string of the molecule is CC(CNc1nc(C(N)=O)ccc1N)C(C)(C)C. The van der Waals surface area contributed by atoms with Crippen molar-refractivity contribution in [3.8, 4) is 0 Å². The second-order valence-electron chi connectivity index (χ2n) is 5.65. The number of nitrogens with two attached hydrogens (primary N) is 2. The smallest absolute Gasteiger partial charge is 0.267 e. The fourth-order valence-electron chi connectivity index (χ4n) is 1.30. The minimum atomic E-state index is -0.554. The van der Waals surface area contributed by atoms with Crippen LogP contribution in [0.2, 0.25) is 0 Å². The molecule has 0 aliphatic rings. The first kappa shape index (κ1) is 14.3. The molecule has 0 fully saturated rings. The van der Waals surface area contributed by atoms with Crippen molar-refractivity contribution in [1.29, 1.82) is 0 Å². The number of anilines is 2. The van der Waals surface area contributed by atoms with E-state index in [1.807, 2.05) is 0 Å². The summed E-state index contributed by atoms with van der Waals surface area (Å²) in [6.07, 6.45) is 0. The molecule has 5 nitrogen and oxygen atoms in total. The normalized spacial score (nSPS) is 13.1. The lowest BCUT2D eigenvalue weighted by Gasteiger charge is -2.27. The zero-order valence-corrected chi connectivity index (χ0v) is 11.4. The maximum absolute atomic E-state index is 11.1. The van der Waals surface area contributed by atoms with Crippen LogP contribution in [0.15, 0.2) is 12.1 Å². The summed E-state index contributed by atoms with van der Waals surface area (Å²) in [7, 11) is 0. The maximum atomic E-state index is 11.1. The van der Waals surface area contributed by atoms with Crippen LogP contribution in [-0.2, 0) is 0 Å². The molecule has 1 aromatic rings. The number of nitrogen functional groups attached to an aromatic ring is 1. The zero-order valence-electron chi connectivity index (χ0n) is 11.4. The van der Waals surface area contributed by atoms with Gasteiger partial charge in [0.25, 0.3) is 5.91 Å². The molecule has 1 unspecified atom stereocenters. The van der Waals surface area contributed by atoms with E-state index in [0.29, 0.717) is 17.4 Å². The van der Waals surface area contributed by atoms with Crippen molar-refractivity contribution in [2.75, 3.05) is 17.6 Å². The third-order valence-electron chi connectivity index (χ3n) is 3.23. The predicted octanol–water partition coefficient (Wildman–Crippen LogP) is 1.86. The van der Waals surface area contributed by atoms with Crippen LogP contribution >= 0.6 is 0 Å². The molecule has 0 aliphatic carbocycles. The van der Waals surface area contributed by atoms with E-state index >= 15 is 0 Å². The van der Waals surface area contributed by atoms with Gasteiger partial charge in [0.15, 0.2) is 0 Å². The average molecular weight is 250 g/mol. The van der Waals surface area contributed by atoms with Gasteiger partial charge in [-0.15, -0.1) is 0 Å². The molecular weight excluding hydrogens is 228 g/mol. The molecule has 1 rings (SSSR count). The molecule has 0 bridgehead atoms. The molecular formula is C13H22N4O. The minimum absolute atomic E-state index is 0.197. The van der Waals surface area contributed by atoms with E-state index in [9.17, 15) is 4.79 Å². The first-order valence-corrected chi connectivity index (χ1v) is 6.02. The number of hydrogen-bond donors (Lipinski definition) is 3. The third kappa shape index (κ3) is 3.61. The maximum Gasteiger partial charge on any atom is 0.267 e. The number of amides is 1. The predicted molar refractivity (Wildman–Crippen MR) is 74.3 cm³/mol. The second-order valence-corrected chi connectivity index (χ2v) is 5.65. The average Bonchev–Trinajstić information content (AvgIpc) is 2.25. The number of nitrogens with one attached hydrogen (secondary N) is 1. The molecule has 0 aliphatic heterocycles. The number of primary amides is 1. The van der Waals surface area contributed by atoms with Crippen molar-refractivity contribution in [2.24, 2.45) is 17.1 Å². The lowest BCUT2D eigenvalue weighted by molar-refractivity contribution is 0.0995. The van der Waals surface area contributed by atoms with Crippen molar-refractivity contribution in [3.63, 3.8) is 0 Å². The van der Waals surface area contributed by atoms with Crippen molar-refractivity contribution in [1.82, 2.24) is 4.98 Å². The Kier molecular flexibility index (Phi) is 4.16. The van der Waals surface area contributed by atoms with Crippen LogP contribution < -0.4 is 16.8 Å². The number of nitrogens with zero attached hydrogens (tertiary/aromatic N) is 1. The third-order valence-corrected chi connectivity index (χ3v) is 3.23. The lowest BCUT2D eigenvalue weighted by Crippen LogP contribution is -2.25. The molecule has 1 atom stereocenters. The Hall–Kier alpha value is -1.78. The van der Waals surface area contributed by atoms with Crippen LogP contribution in [0, 0.1) is 11.3 Å². The van der Waals surface area contributed by atoms with Gasteiger partial charge in [0.05, 0.1) is 5.69 Å². The highest BCUT2D eigenvalue weighted by atomic mass is 16.1. The van der Waals surface area contributed by atoms with Gasteiger partial charge in [-0.3, -0.25) is 4.79 Å². The molecule has 1 amide bonds. The Morgan fingerprint density at radius 2 is 2.06 bits per heavy atom. The number of carbonyl (C=O) groups excluding carboxylic acids is 1. The van der Waals surface area contributed by atoms with E-state index in [2.05, 4.69) is 38.0 Å². The summed E-state index contributed by atoms with van der Waals surface area (Å²) in [6, 6.07) is 3.16. The molecule has 0 saturated heterocycles. The standard InChI is InChI=1S/C13H22N4O/c1-8(13(2,3)4)7-16-12-9(14)5-6-10(17-12)11(15)18/h5-6,8H,7,14H2,1-4H3,(H2,15,18)(H,16,17). The number of hydrogen-bond acceptors (Lipinski definition) is 4.